The summed E-state index contributed by atoms with van der Waals surface area (Å²) in [4.78, 5) is 35.1. The van der Waals surface area contributed by atoms with Crippen LogP contribution in [0.15, 0.2) is 60.8 Å². The van der Waals surface area contributed by atoms with Gasteiger partial charge in [-0.25, -0.2) is 4.57 Å². The Kier molecular flexibility index (Phi) is 56.1. The van der Waals surface area contributed by atoms with Crippen LogP contribution >= 0.6 is 7.82 Å². The zero-order valence-electron chi connectivity index (χ0n) is 46.9. The van der Waals surface area contributed by atoms with Gasteiger partial charge in [0.15, 0.2) is 6.10 Å². The predicted molar refractivity (Wildman–Crippen MR) is 307 cm³/mol. The molecule has 0 heterocycles. The molecule has 10 heteroatoms. The van der Waals surface area contributed by atoms with Crippen molar-refractivity contribution in [3.05, 3.63) is 60.8 Å². The van der Waals surface area contributed by atoms with Crippen molar-refractivity contribution in [3.8, 4) is 0 Å². The number of hydrogen-bond donors (Lipinski definition) is 2. The van der Waals surface area contributed by atoms with E-state index in [0.29, 0.717) is 6.42 Å². The van der Waals surface area contributed by atoms with Gasteiger partial charge >= 0.3 is 19.8 Å². The Morgan fingerprint density at radius 2 is 0.764 bits per heavy atom. The van der Waals surface area contributed by atoms with Crippen LogP contribution in [0.2, 0.25) is 0 Å². The Labute approximate surface area is 444 Å². The van der Waals surface area contributed by atoms with Crippen molar-refractivity contribution in [3.63, 3.8) is 0 Å². The van der Waals surface area contributed by atoms with Gasteiger partial charge in [0.1, 0.15) is 6.61 Å². The van der Waals surface area contributed by atoms with E-state index in [2.05, 4.69) is 74.6 Å². The van der Waals surface area contributed by atoms with E-state index in [4.69, 9.17) is 24.3 Å². The molecule has 0 spiro atoms. The number of carbonyl (C=O) groups is 2. The van der Waals surface area contributed by atoms with E-state index in [9.17, 15) is 19.0 Å². The summed E-state index contributed by atoms with van der Waals surface area (Å²) in [7, 11) is -4.38. The minimum absolute atomic E-state index is 0.0531. The molecule has 0 amide bonds. The molecule has 3 N–H and O–H groups in total. The molecule has 420 valence electrons. The molecule has 0 rings (SSSR count). The molecule has 0 saturated heterocycles. The molecule has 2 unspecified atom stereocenters. The van der Waals surface area contributed by atoms with Crippen molar-refractivity contribution < 1.29 is 37.6 Å². The predicted octanol–water partition coefficient (Wildman–Crippen LogP) is 19.1. The van der Waals surface area contributed by atoms with Crippen molar-refractivity contribution in [1.82, 2.24) is 0 Å². The number of allylic oxidation sites excluding steroid dienone is 10. The molecule has 0 radical (unpaired) electrons. The first-order chi connectivity index (χ1) is 35.3. The summed E-state index contributed by atoms with van der Waals surface area (Å²) in [5.41, 5.74) is 5.38. The minimum Gasteiger partial charge on any atom is -0.462 e. The van der Waals surface area contributed by atoms with Crippen molar-refractivity contribution in [1.29, 1.82) is 0 Å². The van der Waals surface area contributed by atoms with E-state index in [0.717, 1.165) is 77.0 Å². The number of rotatable bonds is 57. The molecule has 0 aromatic rings. The number of nitrogens with two attached hydrogens (primary N) is 1. The lowest BCUT2D eigenvalue weighted by Crippen LogP contribution is -2.29. The van der Waals surface area contributed by atoms with Crippen molar-refractivity contribution >= 4 is 19.8 Å². The van der Waals surface area contributed by atoms with Gasteiger partial charge in [0.05, 0.1) is 13.2 Å². The third-order valence-corrected chi connectivity index (χ3v) is 14.1. The van der Waals surface area contributed by atoms with Crippen molar-refractivity contribution in [2.24, 2.45) is 5.73 Å². The third-order valence-electron chi connectivity index (χ3n) is 13.1. The van der Waals surface area contributed by atoms with Crippen LogP contribution in [0.3, 0.4) is 0 Å². The largest absolute Gasteiger partial charge is 0.472 e. The van der Waals surface area contributed by atoms with Gasteiger partial charge in [-0.3, -0.25) is 18.6 Å². The summed E-state index contributed by atoms with van der Waals surface area (Å²) in [6.45, 7) is 3.64. The number of carbonyl (C=O) groups excluding carboxylic acids is 2. The van der Waals surface area contributed by atoms with E-state index in [-0.39, 0.29) is 38.6 Å². The normalized spacial score (nSPS) is 13.4. The fraction of sp³-hybridized carbons (Fsp3) is 0.806. The maximum Gasteiger partial charge on any atom is 0.472 e. The SMILES string of the molecule is CC/C=C\C/C=C\C/C=C\C/C=C\CCCCCCCCCCCCCCCCCCCCCCCCCCC(=O)OC(COC(=O)CCCCCCC/C=C\CCCCCCC)COP(=O)(O)OCCN. The summed E-state index contributed by atoms with van der Waals surface area (Å²) in [6, 6.07) is 0. The monoisotopic (exact) mass is 1030 g/mol. The van der Waals surface area contributed by atoms with E-state index in [1.807, 2.05) is 0 Å². The summed E-state index contributed by atoms with van der Waals surface area (Å²) in [6.07, 6.45) is 73.1. The van der Waals surface area contributed by atoms with E-state index >= 15 is 0 Å². The zero-order valence-corrected chi connectivity index (χ0v) is 47.8. The standard InChI is InChI=1S/C62H114NO8P/c1-3-5-7-9-11-13-15-17-19-20-21-22-23-24-25-26-27-28-29-30-31-32-33-34-35-36-37-38-39-40-41-43-45-47-49-51-53-55-62(65)71-60(59-70-72(66,67)69-57-56-63)58-68-61(64)54-52-50-48-46-44-42-18-16-14-12-10-8-6-4-2/h5,7,11,13,16-19,21-22,60H,3-4,6,8-10,12,14-15,20,23-59,63H2,1-2H3,(H,66,67)/b7-5-,13-11-,18-16-,19-17-,22-21-. The summed E-state index contributed by atoms with van der Waals surface area (Å²) < 4.78 is 33.0. The molecule has 0 fully saturated rings. The van der Waals surface area contributed by atoms with E-state index < -0.39 is 26.5 Å². The fourth-order valence-corrected chi connectivity index (χ4v) is 9.45. The highest BCUT2D eigenvalue weighted by Gasteiger charge is 2.26. The molecule has 2 atom stereocenters. The smallest absolute Gasteiger partial charge is 0.462 e. The molecule has 9 nitrogen and oxygen atoms in total. The third kappa shape index (κ3) is 57.0. The number of phosphoric ester groups is 1. The number of ether oxygens (including phenoxy) is 2. The Bertz CT molecular complexity index is 1360. The highest BCUT2D eigenvalue weighted by Crippen LogP contribution is 2.43. The lowest BCUT2D eigenvalue weighted by Gasteiger charge is -2.19. The second-order valence-corrected chi connectivity index (χ2v) is 21.6. The molecule has 0 aliphatic carbocycles. The summed E-state index contributed by atoms with van der Waals surface area (Å²) in [5.74, 6) is -0.826. The Morgan fingerprint density at radius 1 is 0.431 bits per heavy atom. The lowest BCUT2D eigenvalue weighted by atomic mass is 10.0. The maximum absolute atomic E-state index is 12.7. The van der Waals surface area contributed by atoms with Crippen LogP contribution in [0.25, 0.3) is 0 Å². The van der Waals surface area contributed by atoms with Gasteiger partial charge in [0.2, 0.25) is 0 Å². The lowest BCUT2D eigenvalue weighted by molar-refractivity contribution is -0.161. The van der Waals surface area contributed by atoms with Crippen LogP contribution in [-0.4, -0.2) is 49.3 Å². The van der Waals surface area contributed by atoms with E-state index in [1.165, 1.54) is 180 Å². The molecule has 0 saturated carbocycles. The first-order valence-corrected chi connectivity index (χ1v) is 31.8. The average molecular weight is 1030 g/mol. The first kappa shape index (κ1) is 69.7. The Hall–Kier alpha value is -2.29. The van der Waals surface area contributed by atoms with Gasteiger partial charge in [-0.15, -0.1) is 0 Å². The Balaban J connectivity index is 3.79. The molecule has 0 bridgehead atoms. The molecule has 0 aliphatic heterocycles. The van der Waals surface area contributed by atoms with Crippen LogP contribution in [0.1, 0.15) is 290 Å². The second-order valence-electron chi connectivity index (χ2n) is 20.2. The van der Waals surface area contributed by atoms with Gasteiger partial charge in [-0.05, 0) is 77.0 Å². The van der Waals surface area contributed by atoms with Crippen LogP contribution < -0.4 is 5.73 Å². The number of hydrogen-bond acceptors (Lipinski definition) is 8. The number of unbranched alkanes of at least 4 members (excludes halogenated alkanes) is 34. The quantitative estimate of drug-likeness (QED) is 0.0264. The molecule has 0 aliphatic rings. The fourth-order valence-electron chi connectivity index (χ4n) is 8.68. The topological polar surface area (TPSA) is 134 Å². The van der Waals surface area contributed by atoms with Gasteiger partial charge in [0.25, 0.3) is 0 Å². The highest BCUT2D eigenvalue weighted by molar-refractivity contribution is 7.47. The summed E-state index contributed by atoms with van der Waals surface area (Å²) >= 11 is 0. The Morgan fingerprint density at radius 3 is 1.15 bits per heavy atom. The first-order valence-electron chi connectivity index (χ1n) is 30.3. The van der Waals surface area contributed by atoms with Crippen molar-refractivity contribution in [2.75, 3.05) is 26.4 Å². The second kappa shape index (κ2) is 58.0. The van der Waals surface area contributed by atoms with Gasteiger partial charge in [-0.2, -0.15) is 0 Å². The number of phosphoric acid groups is 1. The van der Waals surface area contributed by atoms with Crippen LogP contribution in [0.4, 0.5) is 0 Å². The molecule has 0 aromatic carbocycles. The summed E-state index contributed by atoms with van der Waals surface area (Å²) in [5, 5.41) is 0. The molecule has 0 aromatic heterocycles. The molecular weight excluding hydrogens is 918 g/mol. The molecule has 72 heavy (non-hydrogen) atoms. The minimum atomic E-state index is -4.38. The van der Waals surface area contributed by atoms with Crippen LogP contribution in [0, 0.1) is 0 Å². The van der Waals surface area contributed by atoms with Crippen LogP contribution in [-0.2, 0) is 32.7 Å². The maximum atomic E-state index is 12.7. The average Bonchev–Trinajstić information content (AvgIpc) is 3.37. The van der Waals surface area contributed by atoms with Gasteiger partial charge < -0.3 is 20.1 Å². The van der Waals surface area contributed by atoms with E-state index in [1.54, 1.807) is 0 Å². The zero-order chi connectivity index (χ0) is 52.4. The van der Waals surface area contributed by atoms with Gasteiger partial charge in [0, 0.05) is 19.4 Å². The van der Waals surface area contributed by atoms with Crippen LogP contribution in [0.5, 0.6) is 0 Å². The van der Waals surface area contributed by atoms with Crippen molar-refractivity contribution in [2.45, 2.75) is 296 Å². The highest BCUT2D eigenvalue weighted by atomic mass is 31.2. The molecular formula is C62H114NO8P. The van der Waals surface area contributed by atoms with Gasteiger partial charge in [-0.1, -0.05) is 261 Å². The number of esters is 2.